The zero-order valence-electron chi connectivity index (χ0n) is 14.5. The minimum Gasteiger partial charge on any atom is -0.382 e. The molecule has 0 heterocycles. The average molecular weight is 334 g/mol. The topological polar surface area (TPSA) is 9.23 Å². The Balaban J connectivity index is 1.61. The largest absolute Gasteiger partial charge is 0.389 e. The summed E-state index contributed by atoms with van der Waals surface area (Å²) in [5, 5.41) is 0. The molecule has 0 aromatic rings. The summed E-state index contributed by atoms with van der Waals surface area (Å²) in [5.74, 6) is 2.77. The predicted octanol–water partition coefficient (Wildman–Crippen LogP) is 6.37. The summed E-state index contributed by atoms with van der Waals surface area (Å²) in [4.78, 5) is 0. The first-order valence-electron chi connectivity index (χ1n) is 9.62. The molecule has 0 bridgehead atoms. The van der Waals surface area contributed by atoms with Crippen molar-refractivity contribution in [2.75, 3.05) is 13.2 Å². The van der Waals surface area contributed by atoms with E-state index in [0.29, 0.717) is 12.3 Å². The zero-order chi connectivity index (χ0) is 16.7. The Morgan fingerprint density at radius 3 is 1.70 bits per heavy atom. The van der Waals surface area contributed by atoms with E-state index < -0.39 is 12.6 Å². The van der Waals surface area contributed by atoms with Crippen LogP contribution in [0, 0.1) is 23.7 Å². The molecule has 0 N–H and O–H groups in total. The van der Waals surface area contributed by atoms with Gasteiger partial charge in [-0.15, -0.1) is 0 Å². The molecule has 136 valence electrons. The molecule has 4 heteroatoms. The lowest BCUT2D eigenvalue weighted by Crippen LogP contribution is -2.26. The molecule has 2 aliphatic rings. The van der Waals surface area contributed by atoms with Crippen LogP contribution in [0.1, 0.15) is 77.6 Å². The summed E-state index contributed by atoms with van der Waals surface area (Å²) in [5.41, 5.74) is 0. The van der Waals surface area contributed by atoms with Crippen LogP contribution in [-0.4, -0.2) is 19.4 Å². The predicted molar refractivity (Wildman–Crippen MR) is 87.3 cm³/mol. The third-order valence-electron chi connectivity index (χ3n) is 6.16. The van der Waals surface area contributed by atoms with Gasteiger partial charge in [-0.2, -0.15) is 13.2 Å². The number of ether oxygens (including phenoxy) is 1. The molecule has 0 amide bonds. The Morgan fingerprint density at radius 2 is 1.26 bits per heavy atom. The van der Waals surface area contributed by atoms with Crippen LogP contribution >= 0.6 is 0 Å². The first kappa shape index (κ1) is 19.1. The van der Waals surface area contributed by atoms with E-state index in [2.05, 4.69) is 0 Å². The van der Waals surface area contributed by atoms with Crippen LogP contribution in [0.15, 0.2) is 0 Å². The van der Waals surface area contributed by atoms with Crippen LogP contribution < -0.4 is 0 Å². The van der Waals surface area contributed by atoms with Gasteiger partial charge in [0, 0.05) is 19.6 Å². The minimum atomic E-state index is -3.98. The molecule has 2 fully saturated rings. The van der Waals surface area contributed by atoms with E-state index in [1.165, 1.54) is 32.1 Å². The Morgan fingerprint density at radius 1 is 0.783 bits per heavy atom. The molecule has 2 aliphatic carbocycles. The average Bonchev–Trinajstić information content (AvgIpc) is 2.54. The molecule has 2 saturated carbocycles. The van der Waals surface area contributed by atoms with E-state index in [1.807, 2.05) is 6.92 Å². The van der Waals surface area contributed by atoms with Crippen LogP contribution in [0.3, 0.4) is 0 Å². The van der Waals surface area contributed by atoms with Gasteiger partial charge in [0.25, 0.3) is 0 Å². The van der Waals surface area contributed by atoms with Gasteiger partial charge in [-0.25, -0.2) is 0 Å². The molecule has 2 rings (SSSR count). The van der Waals surface area contributed by atoms with Crippen molar-refractivity contribution in [1.82, 2.24) is 0 Å². The molecule has 0 atom stereocenters. The van der Waals surface area contributed by atoms with Gasteiger partial charge in [-0.1, -0.05) is 25.7 Å². The molecule has 23 heavy (non-hydrogen) atoms. The number of hydrogen-bond acceptors (Lipinski definition) is 1. The van der Waals surface area contributed by atoms with E-state index in [1.54, 1.807) is 0 Å². The highest BCUT2D eigenvalue weighted by Gasteiger charge is 2.33. The van der Waals surface area contributed by atoms with E-state index >= 15 is 0 Å². The summed E-state index contributed by atoms with van der Waals surface area (Å²) >= 11 is 0. The second kappa shape index (κ2) is 9.29. The van der Waals surface area contributed by atoms with Crippen molar-refractivity contribution in [3.63, 3.8) is 0 Å². The molecule has 0 aromatic heterocycles. The maximum Gasteiger partial charge on any atom is 0.389 e. The van der Waals surface area contributed by atoms with Crippen molar-refractivity contribution in [2.24, 2.45) is 23.7 Å². The van der Waals surface area contributed by atoms with Crippen molar-refractivity contribution in [3.8, 4) is 0 Å². The number of halogens is 3. The quantitative estimate of drug-likeness (QED) is 0.492. The van der Waals surface area contributed by atoms with Crippen LogP contribution in [-0.2, 0) is 4.74 Å². The van der Waals surface area contributed by atoms with Gasteiger partial charge in [0.2, 0.25) is 0 Å². The first-order chi connectivity index (χ1) is 11.0. The fourth-order valence-corrected chi connectivity index (χ4v) is 4.66. The second-order valence-electron chi connectivity index (χ2n) is 7.70. The molecule has 0 unspecified atom stereocenters. The fraction of sp³-hybridized carbons (Fsp3) is 1.00. The highest BCUT2D eigenvalue weighted by Crippen LogP contribution is 2.43. The molecular formula is C19H33F3O. The minimum absolute atomic E-state index is 0.315. The molecule has 0 spiro atoms. The highest BCUT2D eigenvalue weighted by atomic mass is 19.4. The lowest BCUT2D eigenvalue weighted by Gasteiger charge is -2.38. The van der Waals surface area contributed by atoms with Gasteiger partial charge in [0.05, 0.1) is 0 Å². The first-order valence-corrected chi connectivity index (χ1v) is 9.62. The maximum atomic E-state index is 12.3. The summed E-state index contributed by atoms with van der Waals surface area (Å²) in [6.45, 7) is 3.75. The van der Waals surface area contributed by atoms with Gasteiger partial charge >= 0.3 is 6.18 Å². The summed E-state index contributed by atoms with van der Waals surface area (Å²) in [6, 6.07) is 0. The third kappa shape index (κ3) is 7.03. The summed E-state index contributed by atoms with van der Waals surface area (Å²) in [7, 11) is 0. The Kier molecular flexibility index (Phi) is 7.71. The van der Waals surface area contributed by atoms with Gasteiger partial charge in [0.15, 0.2) is 0 Å². The number of hydrogen-bond donors (Lipinski definition) is 0. The van der Waals surface area contributed by atoms with Gasteiger partial charge in [-0.3, -0.25) is 0 Å². The highest BCUT2D eigenvalue weighted by molar-refractivity contribution is 4.82. The summed E-state index contributed by atoms with van der Waals surface area (Å²) < 4.78 is 42.4. The maximum absolute atomic E-state index is 12.3. The lowest BCUT2D eigenvalue weighted by atomic mass is 9.68. The molecule has 0 saturated heterocycles. The van der Waals surface area contributed by atoms with Crippen LogP contribution in [0.2, 0.25) is 0 Å². The molecule has 0 radical (unpaired) electrons. The molecule has 0 aliphatic heterocycles. The normalized spacial score (nSPS) is 32.9. The van der Waals surface area contributed by atoms with Crippen molar-refractivity contribution in [1.29, 1.82) is 0 Å². The lowest BCUT2D eigenvalue weighted by molar-refractivity contribution is -0.138. The van der Waals surface area contributed by atoms with Crippen molar-refractivity contribution >= 4 is 0 Å². The van der Waals surface area contributed by atoms with Crippen LogP contribution in [0.5, 0.6) is 0 Å². The van der Waals surface area contributed by atoms with E-state index in [4.69, 9.17) is 4.74 Å². The molecule has 0 aromatic carbocycles. The number of rotatable bonds is 7. The van der Waals surface area contributed by atoms with E-state index in [-0.39, 0.29) is 0 Å². The van der Waals surface area contributed by atoms with Crippen molar-refractivity contribution in [2.45, 2.75) is 83.7 Å². The van der Waals surface area contributed by atoms with Crippen LogP contribution in [0.4, 0.5) is 13.2 Å². The SMILES string of the molecule is CCOCC[C@H]1CC[C@H]([C@H]2CC[C@H](CCC(F)(F)F)CC2)CC1. The number of alkyl halides is 3. The third-order valence-corrected chi connectivity index (χ3v) is 6.16. The van der Waals surface area contributed by atoms with E-state index in [9.17, 15) is 13.2 Å². The van der Waals surface area contributed by atoms with Gasteiger partial charge in [0.1, 0.15) is 0 Å². The van der Waals surface area contributed by atoms with E-state index in [0.717, 1.165) is 56.7 Å². The van der Waals surface area contributed by atoms with Crippen LogP contribution in [0.25, 0.3) is 0 Å². The Hall–Kier alpha value is -0.250. The Bertz CT molecular complexity index is 313. The zero-order valence-corrected chi connectivity index (χ0v) is 14.5. The summed E-state index contributed by atoms with van der Waals surface area (Å²) in [6.07, 6.45) is 6.65. The molecule has 1 nitrogen and oxygen atoms in total. The standard InChI is InChI=1S/C19H33F3O/c1-2-23-14-12-16-5-9-18(10-6-16)17-7-3-15(4-8-17)11-13-19(20,21)22/h15-18H,2-14H2,1H3/t15-,16-,17-,18-. The van der Waals surface area contributed by atoms with Gasteiger partial charge in [-0.05, 0) is 69.1 Å². The smallest absolute Gasteiger partial charge is 0.382 e. The Labute approximate surface area is 139 Å². The second-order valence-corrected chi connectivity index (χ2v) is 7.70. The van der Waals surface area contributed by atoms with Crippen molar-refractivity contribution < 1.29 is 17.9 Å². The van der Waals surface area contributed by atoms with Gasteiger partial charge < -0.3 is 4.74 Å². The van der Waals surface area contributed by atoms with Crippen molar-refractivity contribution in [3.05, 3.63) is 0 Å². The molecular weight excluding hydrogens is 301 g/mol. The fourth-order valence-electron chi connectivity index (χ4n) is 4.66. The monoisotopic (exact) mass is 334 g/mol.